The molecule has 1 heterocycles. The van der Waals surface area contributed by atoms with E-state index in [1.165, 1.54) is 18.3 Å². The van der Waals surface area contributed by atoms with Gasteiger partial charge < -0.3 is 15.4 Å². The normalized spacial score (nSPS) is 10.4. The highest BCUT2D eigenvalue weighted by molar-refractivity contribution is 7.14. The van der Waals surface area contributed by atoms with Gasteiger partial charge in [-0.1, -0.05) is 24.3 Å². The van der Waals surface area contributed by atoms with E-state index >= 15 is 0 Å². The van der Waals surface area contributed by atoms with Crippen molar-refractivity contribution in [1.29, 1.82) is 0 Å². The molecule has 0 aliphatic carbocycles. The molecular formula is C23H23N3O4S. The maximum absolute atomic E-state index is 12.2. The van der Waals surface area contributed by atoms with E-state index in [-0.39, 0.29) is 30.4 Å². The second-order valence-electron chi connectivity index (χ2n) is 6.84. The van der Waals surface area contributed by atoms with Crippen molar-refractivity contribution in [3.63, 3.8) is 0 Å². The van der Waals surface area contributed by atoms with Crippen LogP contribution in [0.3, 0.4) is 0 Å². The number of methoxy groups -OCH3 is 1. The van der Waals surface area contributed by atoms with E-state index in [1.807, 2.05) is 29.6 Å². The first-order valence-corrected chi connectivity index (χ1v) is 10.6. The number of carbonyl (C=O) groups is 3. The van der Waals surface area contributed by atoms with E-state index in [9.17, 15) is 14.4 Å². The summed E-state index contributed by atoms with van der Waals surface area (Å²) in [4.78, 5) is 39.9. The SMILES string of the molecule is COc1ccc(C(=O)CCC(=O)Nc2nc(-c3ccc(CNC(C)=O)cc3)cs2)cc1. The zero-order valence-corrected chi connectivity index (χ0v) is 18.1. The van der Waals surface area contributed by atoms with Crippen molar-refractivity contribution < 1.29 is 19.1 Å². The fourth-order valence-corrected chi connectivity index (χ4v) is 3.55. The number of ketones is 1. The lowest BCUT2D eigenvalue weighted by Gasteiger charge is -2.04. The first kappa shape index (κ1) is 22.2. The van der Waals surface area contributed by atoms with Gasteiger partial charge in [0.05, 0.1) is 12.8 Å². The molecule has 8 heteroatoms. The van der Waals surface area contributed by atoms with Gasteiger partial charge in [-0.25, -0.2) is 4.98 Å². The van der Waals surface area contributed by atoms with Crippen molar-refractivity contribution in [2.75, 3.05) is 12.4 Å². The Morgan fingerprint density at radius 2 is 1.71 bits per heavy atom. The molecule has 3 aromatic rings. The fraction of sp³-hybridized carbons (Fsp3) is 0.217. The smallest absolute Gasteiger partial charge is 0.226 e. The summed E-state index contributed by atoms with van der Waals surface area (Å²) in [7, 11) is 1.56. The van der Waals surface area contributed by atoms with Crippen molar-refractivity contribution in [3.8, 4) is 17.0 Å². The summed E-state index contributed by atoms with van der Waals surface area (Å²) >= 11 is 1.33. The van der Waals surface area contributed by atoms with E-state index in [4.69, 9.17) is 4.74 Å². The number of nitrogens with one attached hydrogen (secondary N) is 2. The van der Waals surface area contributed by atoms with Gasteiger partial charge in [-0.15, -0.1) is 11.3 Å². The van der Waals surface area contributed by atoms with Crippen LogP contribution in [0.25, 0.3) is 11.3 Å². The van der Waals surface area contributed by atoms with E-state index in [1.54, 1.807) is 31.4 Å². The van der Waals surface area contributed by atoms with Crippen LogP contribution in [0.1, 0.15) is 35.7 Å². The van der Waals surface area contributed by atoms with Gasteiger partial charge in [0.15, 0.2) is 10.9 Å². The van der Waals surface area contributed by atoms with Gasteiger partial charge in [-0.05, 0) is 29.8 Å². The van der Waals surface area contributed by atoms with Crippen molar-refractivity contribution in [1.82, 2.24) is 10.3 Å². The molecule has 0 bridgehead atoms. The van der Waals surface area contributed by atoms with Gasteiger partial charge in [-0.2, -0.15) is 0 Å². The molecule has 3 rings (SSSR count). The van der Waals surface area contributed by atoms with Crippen LogP contribution in [0.5, 0.6) is 5.75 Å². The quantitative estimate of drug-likeness (QED) is 0.492. The number of rotatable bonds is 9. The van der Waals surface area contributed by atoms with E-state index in [0.717, 1.165) is 16.8 Å². The number of hydrogen-bond acceptors (Lipinski definition) is 6. The predicted molar refractivity (Wildman–Crippen MR) is 120 cm³/mol. The summed E-state index contributed by atoms with van der Waals surface area (Å²) in [5.74, 6) is 0.247. The second-order valence-corrected chi connectivity index (χ2v) is 7.70. The minimum Gasteiger partial charge on any atom is -0.497 e. The highest BCUT2D eigenvalue weighted by Gasteiger charge is 2.12. The summed E-state index contributed by atoms with van der Waals surface area (Å²) in [6, 6.07) is 14.5. The van der Waals surface area contributed by atoms with Crippen molar-refractivity contribution >= 4 is 34.1 Å². The van der Waals surface area contributed by atoms with Crippen molar-refractivity contribution in [3.05, 3.63) is 65.0 Å². The molecule has 2 amide bonds. The van der Waals surface area contributed by atoms with Crippen LogP contribution in [-0.4, -0.2) is 29.7 Å². The Kier molecular flexibility index (Phi) is 7.50. The Labute approximate surface area is 184 Å². The van der Waals surface area contributed by atoms with Gasteiger partial charge in [0.1, 0.15) is 5.75 Å². The average molecular weight is 438 g/mol. The molecule has 2 aromatic carbocycles. The van der Waals surface area contributed by atoms with E-state index in [2.05, 4.69) is 15.6 Å². The van der Waals surface area contributed by atoms with Crippen molar-refractivity contribution in [2.24, 2.45) is 0 Å². The summed E-state index contributed by atoms with van der Waals surface area (Å²) in [6.45, 7) is 1.96. The minimum atomic E-state index is -0.256. The molecule has 0 unspecified atom stereocenters. The third kappa shape index (κ3) is 6.48. The lowest BCUT2D eigenvalue weighted by Crippen LogP contribution is -2.18. The summed E-state index contributed by atoms with van der Waals surface area (Å²) in [5, 5.41) is 7.85. The number of nitrogens with zero attached hydrogens (tertiary/aromatic N) is 1. The number of aromatic nitrogens is 1. The number of Topliss-reactive ketones (excluding diaryl/α,β-unsaturated/α-hetero) is 1. The molecule has 31 heavy (non-hydrogen) atoms. The van der Waals surface area contributed by atoms with Gasteiger partial charge >= 0.3 is 0 Å². The second kappa shape index (κ2) is 10.5. The van der Waals surface area contributed by atoms with Gasteiger partial charge in [0.2, 0.25) is 11.8 Å². The number of hydrogen-bond donors (Lipinski definition) is 2. The maximum Gasteiger partial charge on any atom is 0.226 e. The number of benzene rings is 2. The Morgan fingerprint density at radius 1 is 1.00 bits per heavy atom. The molecule has 0 radical (unpaired) electrons. The van der Waals surface area contributed by atoms with Crippen LogP contribution < -0.4 is 15.4 Å². The average Bonchev–Trinajstić information content (AvgIpc) is 3.24. The highest BCUT2D eigenvalue weighted by Crippen LogP contribution is 2.25. The molecule has 0 atom stereocenters. The topological polar surface area (TPSA) is 97.4 Å². The number of carbonyl (C=O) groups excluding carboxylic acids is 3. The van der Waals surface area contributed by atoms with Crippen LogP contribution in [0.2, 0.25) is 0 Å². The molecule has 7 nitrogen and oxygen atoms in total. The monoisotopic (exact) mass is 437 g/mol. The standard InChI is InChI=1S/C23H23N3O4S/c1-15(27)24-13-16-3-5-17(6-4-16)20-14-31-23(25-20)26-22(29)12-11-21(28)18-7-9-19(30-2)10-8-18/h3-10,14H,11-13H2,1-2H3,(H,24,27)(H,25,26,29). The van der Waals surface area contributed by atoms with Crippen LogP contribution in [0.15, 0.2) is 53.9 Å². The molecule has 2 N–H and O–H groups in total. The molecule has 0 aliphatic heterocycles. The van der Waals surface area contributed by atoms with Gasteiger partial charge in [0.25, 0.3) is 0 Å². The third-order valence-corrected chi connectivity index (χ3v) is 5.29. The zero-order chi connectivity index (χ0) is 22.2. The molecule has 0 saturated heterocycles. The number of thiazole rings is 1. The minimum absolute atomic E-state index is 0.0744. The lowest BCUT2D eigenvalue weighted by molar-refractivity contribution is -0.119. The summed E-state index contributed by atoms with van der Waals surface area (Å²) < 4.78 is 5.08. The van der Waals surface area contributed by atoms with Crippen LogP contribution in [0.4, 0.5) is 5.13 Å². The van der Waals surface area contributed by atoms with E-state index < -0.39 is 0 Å². The largest absolute Gasteiger partial charge is 0.497 e. The first-order valence-electron chi connectivity index (χ1n) is 9.71. The molecule has 0 fully saturated rings. The molecule has 0 aliphatic rings. The first-order chi connectivity index (χ1) is 14.9. The Balaban J connectivity index is 1.51. The number of ether oxygens (including phenoxy) is 1. The Hall–Kier alpha value is -3.52. The predicted octanol–water partition coefficient (Wildman–Crippen LogP) is 4.06. The molecule has 160 valence electrons. The molecule has 0 spiro atoms. The lowest BCUT2D eigenvalue weighted by atomic mass is 10.1. The Bertz CT molecular complexity index is 1060. The Morgan fingerprint density at radius 3 is 2.35 bits per heavy atom. The highest BCUT2D eigenvalue weighted by atomic mass is 32.1. The number of anilines is 1. The maximum atomic E-state index is 12.2. The summed E-state index contributed by atoms with van der Waals surface area (Å²) in [5.41, 5.74) is 3.20. The summed E-state index contributed by atoms with van der Waals surface area (Å²) in [6.07, 6.45) is 0.198. The van der Waals surface area contributed by atoms with Gasteiger partial charge in [-0.3, -0.25) is 14.4 Å². The third-order valence-electron chi connectivity index (χ3n) is 4.53. The molecular weight excluding hydrogens is 414 g/mol. The fourth-order valence-electron chi connectivity index (χ4n) is 2.81. The van der Waals surface area contributed by atoms with Crippen LogP contribution in [0, 0.1) is 0 Å². The van der Waals surface area contributed by atoms with Crippen molar-refractivity contribution in [2.45, 2.75) is 26.3 Å². The number of amides is 2. The van der Waals surface area contributed by atoms with Gasteiger partial charge in [0, 0.05) is 42.8 Å². The molecule has 1 aromatic heterocycles. The zero-order valence-electron chi connectivity index (χ0n) is 17.3. The van der Waals surface area contributed by atoms with E-state index in [0.29, 0.717) is 23.0 Å². The van der Waals surface area contributed by atoms with Crippen LogP contribution in [-0.2, 0) is 16.1 Å². The van der Waals surface area contributed by atoms with Crippen LogP contribution >= 0.6 is 11.3 Å². The molecule has 0 saturated carbocycles.